The van der Waals surface area contributed by atoms with Crippen molar-refractivity contribution in [1.82, 2.24) is 20.0 Å². The Morgan fingerprint density at radius 1 is 1.47 bits per heavy atom. The van der Waals surface area contributed by atoms with Crippen molar-refractivity contribution in [3.8, 4) is 0 Å². The van der Waals surface area contributed by atoms with Crippen LogP contribution in [-0.4, -0.2) is 37.0 Å². The van der Waals surface area contributed by atoms with Crippen LogP contribution in [0, 0.1) is 6.92 Å². The summed E-state index contributed by atoms with van der Waals surface area (Å²) in [6.07, 6.45) is 4.40. The van der Waals surface area contributed by atoms with Crippen molar-refractivity contribution in [2.75, 3.05) is 5.32 Å². The highest BCUT2D eigenvalue weighted by Gasteiger charge is 2.11. The smallest absolute Gasteiger partial charge is 0.358 e. The number of rotatable bonds is 4. The van der Waals surface area contributed by atoms with E-state index >= 15 is 0 Å². The molecular formula is C11H11N5O3. The number of carbonyl (C=O) groups excluding carboxylic acids is 1. The molecule has 0 aliphatic heterocycles. The maximum Gasteiger partial charge on any atom is 0.358 e. The molecule has 0 atom stereocenters. The minimum absolute atomic E-state index is 0.109. The van der Waals surface area contributed by atoms with E-state index in [0.29, 0.717) is 5.69 Å². The van der Waals surface area contributed by atoms with Crippen LogP contribution in [0.15, 0.2) is 24.7 Å². The standard InChI is InChI=1S/C11H11N5O3/c1-7-4-12-3-2-8(7)13-10(17)6-16-5-9(11(18)19)14-15-16/h2-5H,6H2,1H3,(H,18,19)(H,12,13,17). The molecule has 0 unspecified atom stereocenters. The van der Waals surface area contributed by atoms with Gasteiger partial charge in [0.15, 0.2) is 5.69 Å². The third-order valence-corrected chi connectivity index (χ3v) is 2.36. The Labute approximate surface area is 108 Å². The van der Waals surface area contributed by atoms with Gasteiger partial charge in [0.1, 0.15) is 6.54 Å². The van der Waals surface area contributed by atoms with Gasteiger partial charge in [-0.3, -0.25) is 9.78 Å². The molecule has 0 spiro atoms. The molecule has 19 heavy (non-hydrogen) atoms. The second-order valence-electron chi connectivity index (χ2n) is 3.85. The van der Waals surface area contributed by atoms with Crippen LogP contribution in [0.2, 0.25) is 0 Å². The monoisotopic (exact) mass is 261 g/mol. The lowest BCUT2D eigenvalue weighted by Crippen LogP contribution is -2.19. The first kappa shape index (κ1) is 12.7. The minimum Gasteiger partial charge on any atom is -0.476 e. The zero-order valence-electron chi connectivity index (χ0n) is 10.1. The molecule has 0 aliphatic carbocycles. The first-order valence-electron chi connectivity index (χ1n) is 5.40. The number of nitrogens with zero attached hydrogens (tertiary/aromatic N) is 4. The zero-order valence-corrected chi connectivity index (χ0v) is 10.1. The van der Waals surface area contributed by atoms with Gasteiger partial charge in [0, 0.05) is 18.1 Å². The molecule has 0 aromatic carbocycles. The molecule has 0 bridgehead atoms. The second-order valence-corrected chi connectivity index (χ2v) is 3.85. The summed E-state index contributed by atoms with van der Waals surface area (Å²) in [5, 5.41) is 18.3. The number of hydrogen-bond donors (Lipinski definition) is 2. The van der Waals surface area contributed by atoms with E-state index in [9.17, 15) is 9.59 Å². The van der Waals surface area contributed by atoms with Crippen molar-refractivity contribution in [3.05, 3.63) is 35.9 Å². The predicted octanol–water partition coefficient (Wildman–Crippen LogP) is 0.318. The predicted molar refractivity (Wildman–Crippen MR) is 64.6 cm³/mol. The molecule has 0 saturated carbocycles. The molecule has 1 amide bonds. The van der Waals surface area contributed by atoms with Crippen molar-refractivity contribution >= 4 is 17.6 Å². The number of aromatic carboxylic acids is 1. The molecule has 0 aliphatic rings. The lowest BCUT2D eigenvalue weighted by molar-refractivity contribution is -0.116. The summed E-state index contributed by atoms with van der Waals surface area (Å²) in [6.45, 7) is 1.71. The molecule has 8 heteroatoms. The van der Waals surface area contributed by atoms with E-state index in [1.807, 2.05) is 6.92 Å². The Morgan fingerprint density at radius 2 is 2.26 bits per heavy atom. The largest absolute Gasteiger partial charge is 0.476 e. The van der Waals surface area contributed by atoms with E-state index in [1.165, 1.54) is 6.20 Å². The fourth-order valence-corrected chi connectivity index (χ4v) is 1.42. The van der Waals surface area contributed by atoms with Gasteiger partial charge < -0.3 is 10.4 Å². The third kappa shape index (κ3) is 3.12. The Bertz CT molecular complexity index is 622. The normalized spacial score (nSPS) is 10.2. The van der Waals surface area contributed by atoms with Crippen molar-refractivity contribution in [1.29, 1.82) is 0 Å². The fourth-order valence-electron chi connectivity index (χ4n) is 1.42. The second kappa shape index (κ2) is 5.25. The number of carboxylic acids is 1. The van der Waals surface area contributed by atoms with Crippen LogP contribution in [0.4, 0.5) is 5.69 Å². The van der Waals surface area contributed by atoms with Gasteiger partial charge in [-0.1, -0.05) is 5.21 Å². The van der Waals surface area contributed by atoms with Gasteiger partial charge >= 0.3 is 5.97 Å². The highest BCUT2D eigenvalue weighted by molar-refractivity contribution is 5.91. The van der Waals surface area contributed by atoms with Crippen LogP contribution in [0.1, 0.15) is 16.1 Å². The van der Waals surface area contributed by atoms with Crippen LogP contribution in [0.5, 0.6) is 0 Å². The summed E-state index contributed by atoms with van der Waals surface area (Å²) in [7, 11) is 0. The number of pyridine rings is 1. The number of carboxylic acid groups (broad SMARTS) is 1. The molecule has 0 fully saturated rings. The number of hydrogen-bond acceptors (Lipinski definition) is 5. The SMILES string of the molecule is Cc1cnccc1NC(=O)Cn1cc(C(=O)O)nn1. The first-order chi connectivity index (χ1) is 9.06. The number of aryl methyl sites for hydroxylation is 1. The van der Waals surface area contributed by atoms with Crippen molar-refractivity contribution in [2.24, 2.45) is 0 Å². The summed E-state index contributed by atoms with van der Waals surface area (Å²) >= 11 is 0. The molecule has 2 aromatic rings. The summed E-state index contributed by atoms with van der Waals surface area (Å²) < 4.78 is 1.16. The molecule has 0 radical (unpaired) electrons. The van der Waals surface area contributed by atoms with Gasteiger partial charge in [0.2, 0.25) is 5.91 Å². The van der Waals surface area contributed by atoms with Gasteiger partial charge in [-0.15, -0.1) is 5.10 Å². The number of anilines is 1. The van der Waals surface area contributed by atoms with Gasteiger partial charge in [0.25, 0.3) is 0 Å². The Morgan fingerprint density at radius 3 is 2.89 bits per heavy atom. The lowest BCUT2D eigenvalue weighted by Gasteiger charge is -2.06. The Kier molecular flexibility index (Phi) is 3.51. The van der Waals surface area contributed by atoms with Crippen LogP contribution in [0.25, 0.3) is 0 Å². The summed E-state index contributed by atoms with van der Waals surface area (Å²) in [6, 6.07) is 1.68. The lowest BCUT2D eigenvalue weighted by atomic mass is 10.2. The average molecular weight is 261 g/mol. The molecule has 2 aromatic heterocycles. The van der Waals surface area contributed by atoms with Crippen LogP contribution in [-0.2, 0) is 11.3 Å². The topological polar surface area (TPSA) is 110 Å². The molecule has 2 heterocycles. The Hall–Kier alpha value is -2.77. The van der Waals surface area contributed by atoms with Crippen molar-refractivity contribution in [3.63, 3.8) is 0 Å². The van der Waals surface area contributed by atoms with E-state index in [0.717, 1.165) is 10.2 Å². The van der Waals surface area contributed by atoms with Gasteiger partial charge in [-0.2, -0.15) is 0 Å². The molecule has 2 rings (SSSR count). The van der Waals surface area contributed by atoms with E-state index < -0.39 is 5.97 Å². The maximum absolute atomic E-state index is 11.7. The molecular weight excluding hydrogens is 250 g/mol. The van der Waals surface area contributed by atoms with Gasteiger partial charge in [0.05, 0.1) is 6.20 Å². The number of carbonyl (C=O) groups is 2. The van der Waals surface area contributed by atoms with E-state index in [4.69, 9.17) is 5.11 Å². The highest BCUT2D eigenvalue weighted by atomic mass is 16.4. The minimum atomic E-state index is -1.18. The zero-order chi connectivity index (χ0) is 13.8. The van der Waals surface area contributed by atoms with Crippen LogP contribution >= 0.6 is 0 Å². The first-order valence-corrected chi connectivity index (χ1v) is 5.40. The van der Waals surface area contributed by atoms with Crippen LogP contribution < -0.4 is 5.32 Å². The average Bonchev–Trinajstić information content (AvgIpc) is 2.80. The summed E-state index contributed by atoms with van der Waals surface area (Å²) in [5.41, 5.74) is 1.28. The number of aromatic nitrogens is 4. The molecule has 2 N–H and O–H groups in total. The molecule has 98 valence electrons. The summed E-state index contributed by atoms with van der Waals surface area (Å²) in [5.74, 6) is -1.51. The van der Waals surface area contributed by atoms with Gasteiger partial charge in [-0.05, 0) is 18.6 Å². The highest BCUT2D eigenvalue weighted by Crippen LogP contribution is 2.11. The number of amides is 1. The van der Waals surface area contributed by atoms with Crippen LogP contribution in [0.3, 0.4) is 0 Å². The van der Waals surface area contributed by atoms with Crippen molar-refractivity contribution < 1.29 is 14.7 Å². The maximum atomic E-state index is 11.7. The fraction of sp³-hybridized carbons (Fsp3) is 0.182. The molecule has 0 saturated heterocycles. The Balaban J connectivity index is 2.01. The summed E-state index contributed by atoms with van der Waals surface area (Å²) in [4.78, 5) is 26.3. The van der Waals surface area contributed by atoms with E-state index in [2.05, 4.69) is 20.6 Å². The number of nitrogens with one attached hydrogen (secondary N) is 1. The van der Waals surface area contributed by atoms with Gasteiger partial charge in [-0.25, -0.2) is 9.48 Å². The van der Waals surface area contributed by atoms with E-state index in [-0.39, 0.29) is 18.1 Å². The van der Waals surface area contributed by atoms with E-state index in [1.54, 1.807) is 18.5 Å². The van der Waals surface area contributed by atoms with Crippen molar-refractivity contribution in [2.45, 2.75) is 13.5 Å². The third-order valence-electron chi connectivity index (χ3n) is 2.36. The quantitative estimate of drug-likeness (QED) is 0.820. The molecule has 8 nitrogen and oxygen atoms in total.